The lowest BCUT2D eigenvalue weighted by atomic mass is 9.96. The molecular formula is C61H85N17O12. The second-order valence-electron chi connectivity index (χ2n) is 20.8. The van der Waals surface area contributed by atoms with Crippen LogP contribution in [-0.2, 0) is 44.9 Å². The number of methoxy groups -OCH3 is 3. The van der Waals surface area contributed by atoms with Crippen molar-refractivity contribution in [3.8, 4) is 23.0 Å². The summed E-state index contributed by atoms with van der Waals surface area (Å²) < 4.78 is 22.2. The maximum Gasteiger partial charge on any atom is 0.255 e. The number of amides is 4. The summed E-state index contributed by atoms with van der Waals surface area (Å²) in [4.78, 5) is 127. The van der Waals surface area contributed by atoms with Crippen LogP contribution in [0.3, 0.4) is 0 Å². The molecule has 0 saturated carbocycles. The van der Waals surface area contributed by atoms with E-state index < -0.39 is 65.1 Å². The molecule has 29 nitrogen and oxygen atoms in total. The number of carbonyl (C=O) groups is 8. The van der Waals surface area contributed by atoms with Gasteiger partial charge in [-0.3, -0.25) is 58.3 Å². The number of nitrogens with one attached hydrogen (secondary N) is 3. The Morgan fingerprint density at radius 1 is 0.400 bits per heavy atom. The van der Waals surface area contributed by atoms with Gasteiger partial charge in [-0.25, -0.2) is 0 Å². The van der Waals surface area contributed by atoms with E-state index in [4.69, 9.17) is 76.3 Å². The minimum absolute atomic E-state index is 0.0189. The van der Waals surface area contributed by atoms with Crippen molar-refractivity contribution in [3.63, 3.8) is 0 Å². The van der Waals surface area contributed by atoms with E-state index >= 15 is 0 Å². The number of guanidine groups is 4. The van der Waals surface area contributed by atoms with Crippen molar-refractivity contribution >= 4 is 70.6 Å². The Morgan fingerprint density at radius 3 is 0.956 bits per heavy atom. The zero-order valence-electron chi connectivity index (χ0n) is 51.2. The molecule has 4 aromatic rings. The van der Waals surface area contributed by atoms with Gasteiger partial charge in [0.05, 0.1) is 74.4 Å². The zero-order chi connectivity index (χ0) is 66.5. The largest absolute Gasteiger partial charge is 0.496 e. The van der Waals surface area contributed by atoms with E-state index in [9.17, 15) is 38.4 Å². The van der Waals surface area contributed by atoms with E-state index in [-0.39, 0.29) is 165 Å². The van der Waals surface area contributed by atoms with Crippen LogP contribution in [0.5, 0.6) is 23.0 Å². The van der Waals surface area contributed by atoms with Gasteiger partial charge in [-0.05, 0) is 129 Å². The van der Waals surface area contributed by atoms with Crippen LogP contribution in [0, 0.1) is 0 Å². The van der Waals surface area contributed by atoms with Crippen LogP contribution in [0.25, 0.3) is 0 Å². The van der Waals surface area contributed by atoms with Crippen LogP contribution in [0.1, 0.15) is 122 Å². The molecule has 4 aromatic carbocycles. The maximum atomic E-state index is 14.5. The highest BCUT2D eigenvalue weighted by molar-refractivity contribution is 6.04. The SMILES string of the molecule is CCOc1ccc(CC(=O)[C@@H](CCCN=C(N)N)NC(=O)c2cc(CC(=O)[C@@H](CCCN=C(N)N)NC(=O)c3cc(CC(=O)[C@@H](CCCN=C(N)N)NC(=O)c4cc(CC(=O)[C@H](N)CCCN=C(N)N)ccc4OC)ccc3OC)ccc2OC)cc1C(N)=O. The summed E-state index contributed by atoms with van der Waals surface area (Å²) in [5.74, 6) is -4.50. The topological polar surface area (TPSA) is 519 Å². The van der Waals surface area contributed by atoms with Gasteiger partial charge in [-0.1, -0.05) is 24.3 Å². The number of ether oxygens (including phenoxy) is 4. The van der Waals surface area contributed by atoms with Gasteiger partial charge in [-0.2, -0.15) is 0 Å². The first-order chi connectivity index (χ1) is 42.9. The first-order valence-corrected chi connectivity index (χ1v) is 28.9. The molecule has 4 rings (SSSR count). The van der Waals surface area contributed by atoms with E-state index in [2.05, 4.69) is 35.9 Å². The third-order valence-electron chi connectivity index (χ3n) is 13.9. The highest BCUT2D eigenvalue weighted by Gasteiger charge is 2.29. The Labute approximate surface area is 521 Å². The molecule has 0 heterocycles. The molecule has 486 valence electrons. The Morgan fingerprint density at radius 2 is 0.678 bits per heavy atom. The molecular weight excluding hydrogens is 1160 g/mol. The normalized spacial score (nSPS) is 12.1. The van der Waals surface area contributed by atoms with Crippen LogP contribution in [0.15, 0.2) is 92.8 Å². The van der Waals surface area contributed by atoms with Crippen molar-refractivity contribution in [2.45, 2.75) is 108 Å². The first kappa shape index (κ1) is 72.2. The molecule has 0 saturated heterocycles. The molecule has 0 spiro atoms. The summed E-state index contributed by atoms with van der Waals surface area (Å²) in [6.07, 6.45) is 0.883. The summed E-state index contributed by atoms with van der Waals surface area (Å²) in [5.41, 5.74) is 57.6. The van der Waals surface area contributed by atoms with E-state index in [1.165, 1.54) is 69.9 Å². The monoisotopic (exact) mass is 1250 g/mol. The molecule has 0 aliphatic heterocycles. The number of nitrogens with zero attached hydrogens (tertiary/aromatic N) is 4. The summed E-state index contributed by atoms with van der Waals surface area (Å²) in [6.45, 7) is 2.69. The predicted octanol–water partition coefficient (Wildman–Crippen LogP) is -0.406. The fourth-order valence-electron chi connectivity index (χ4n) is 9.43. The van der Waals surface area contributed by atoms with Crippen LogP contribution in [0.4, 0.5) is 0 Å². The van der Waals surface area contributed by atoms with Crippen LogP contribution in [-0.4, -0.2) is 149 Å². The van der Waals surface area contributed by atoms with E-state index in [0.717, 1.165) is 0 Å². The summed E-state index contributed by atoms with van der Waals surface area (Å²) in [6, 6.07) is 14.0. The predicted molar refractivity (Wildman–Crippen MR) is 341 cm³/mol. The number of rotatable bonds is 40. The first-order valence-electron chi connectivity index (χ1n) is 28.9. The minimum Gasteiger partial charge on any atom is -0.496 e. The lowest BCUT2D eigenvalue weighted by molar-refractivity contribution is -0.121. The lowest BCUT2D eigenvalue weighted by Crippen LogP contribution is -2.42. The van der Waals surface area contributed by atoms with Crippen LogP contribution in [0.2, 0.25) is 0 Å². The molecule has 90 heavy (non-hydrogen) atoms. The molecule has 23 N–H and O–H groups in total. The van der Waals surface area contributed by atoms with Gasteiger partial charge in [0.15, 0.2) is 47.0 Å². The fourth-order valence-corrected chi connectivity index (χ4v) is 9.43. The van der Waals surface area contributed by atoms with Crippen molar-refractivity contribution in [1.29, 1.82) is 0 Å². The molecule has 0 aliphatic rings. The van der Waals surface area contributed by atoms with Gasteiger partial charge in [0.2, 0.25) is 0 Å². The quantitative estimate of drug-likeness (QED) is 0.0153. The molecule has 0 bridgehead atoms. The lowest BCUT2D eigenvalue weighted by Gasteiger charge is -2.21. The van der Waals surface area contributed by atoms with Crippen LogP contribution < -0.4 is 92.2 Å². The van der Waals surface area contributed by atoms with Gasteiger partial charge in [0, 0.05) is 51.9 Å². The van der Waals surface area contributed by atoms with Gasteiger partial charge in [0.25, 0.3) is 23.6 Å². The highest BCUT2D eigenvalue weighted by Crippen LogP contribution is 2.26. The van der Waals surface area contributed by atoms with Gasteiger partial charge < -0.3 is 92.2 Å². The zero-order valence-corrected chi connectivity index (χ0v) is 51.2. The average molecular weight is 1250 g/mol. The fraction of sp³-hybridized carbons (Fsp3) is 0.410. The summed E-state index contributed by atoms with van der Waals surface area (Å²) in [7, 11) is 4.05. The molecule has 4 atom stereocenters. The Kier molecular flexibility index (Phi) is 29.5. The number of hydrogen-bond acceptors (Lipinski definition) is 17. The number of ketones is 4. The minimum atomic E-state index is -1.18. The molecule has 0 aliphatic carbocycles. The smallest absolute Gasteiger partial charge is 0.255 e. The summed E-state index contributed by atoms with van der Waals surface area (Å²) >= 11 is 0. The molecule has 0 fully saturated rings. The Bertz CT molecular complexity index is 3300. The van der Waals surface area contributed by atoms with Gasteiger partial charge in [-0.15, -0.1) is 0 Å². The maximum absolute atomic E-state index is 14.5. The third kappa shape index (κ3) is 23.7. The van der Waals surface area contributed by atoms with Crippen molar-refractivity contribution < 1.29 is 57.3 Å². The van der Waals surface area contributed by atoms with E-state index in [1.54, 1.807) is 31.2 Å². The Balaban J connectivity index is 1.60. The van der Waals surface area contributed by atoms with Crippen molar-refractivity contribution in [2.24, 2.45) is 77.3 Å². The van der Waals surface area contributed by atoms with Crippen molar-refractivity contribution in [3.05, 3.63) is 117 Å². The number of nitrogens with two attached hydrogens (primary N) is 10. The molecule has 0 aromatic heterocycles. The second kappa shape index (κ2) is 36.7. The standard InChI is InChI=1S/C61H85N17O12/c1-5-90-53-21-17-34(26-38(53)54(63)83)31-47(80)43(11-7-23-73-59(66)67)76-56(85)40-28-36(15-19-51(40)88-3)33-49(82)45(13-9-25-75-61(70)71)78-57(86)41-29-37(16-20-52(41)89-4)32-48(81)44(12-8-24-74-60(68)69)77-55(84)39-27-35(14-18-50(39)87-2)30-46(79)42(62)10-6-22-72-58(64)65/h14-21,26-29,42-45H,5-13,22-25,30-33,62H2,1-4H3,(H2,63,83)(H,76,85)(H,77,84)(H,78,86)(H4,64,65,72)(H4,66,67,73)(H4,68,69,74)(H4,70,71,75)/t42-,43-,44-,45-/m1/s1. The summed E-state index contributed by atoms with van der Waals surface area (Å²) in [5, 5.41) is 8.43. The van der Waals surface area contributed by atoms with Gasteiger partial charge in [0.1, 0.15) is 23.0 Å². The number of hydrogen-bond donors (Lipinski definition) is 13. The molecule has 0 radical (unpaired) electrons. The second-order valence-corrected chi connectivity index (χ2v) is 20.8. The number of primary amides is 1. The number of aliphatic imine (C=N–C) groups is 4. The number of carbonyl (C=O) groups excluding carboxylic acids is 8. The third-order valence-corrected chi connectivity index (χ3v) is 13.9. The van der Waals surface area contributed by atoms with Crippen molar-refractivity contribution in [1.82, 2.24) is 16.0 Å². The van der Waals surface area contributed by atoms with Crippen LogP contribution >= 0.6 is 0 Å². The molecule has 4 amide bonds. The number of Topliss-reactive ketones (excluding diaryl/α,β-unsaturated/α-hetero) is 4. The highest BCUT2D eigenvalue weighted by atomic mass is 16.5. The Hall–Kier alpha value is -10.3. The van der Waals surface area contributed by atoms with E-state index in [1.807, 2.05) is 0 Å². The molecule has 0 unspecified atom stereocenters. The average Bonchev–Trinajstić information content (AvgIpc) is 1.02. The van der Waals surface area contributed by atoms with E-state index in [0.29, 0.717) is 41.6 Å². The molecule has 29 heteroatoms. The van der Waals surface area contributed by atoms with Gasteiger partial charge >= 0.3 is 0 Å². The van der Waals surface area contributed by atoms with Crippen molar-refractivity contribution in [2.75, 3.05) is 54.1 Å². The number of benzene rings is 4.